The summed E-state index contributed by atoms with van der Waals surface area (Å²) in [6.07, 6.45) is 12.7. The molecule has 2 saturated carbocycles. The van der Waals surface area contributed by atoms with E-state index in [4.69, 9.17) is 14.7 Å². The van der Waals surface area contributed by atoms with Crippen molar-refractivity contribution in [1.29, 1.82) is 0 Å². The summed E-state index contributed by atoms with van der Waals surface area (Å²) in [5.41, 5.74) is 4.90. The normalized spacial score (nSPS) is 24.2. The zero-order valence-corrected chi connectivity index (χ0v) is 36.2. The number of carbonyl (C=O) groups is 3. The van der Waals surface area contributed by atoms with E-state index in [0.29, 0.717) is 57.6 Å². The molecule has 318 valence electrons. The second kappa shape index (κ2) is 15.7. The SMILES string of the molecule is CC(C)n1cnc2cc(-c3ccc4c(c3)N(C3CC(N5CCCCC5)C3)C(=O)C43CCN(CC(=O)N(C)C4CCN(C(=O)OC(C)(C)C)CC4)CC3)nc(NC3CC3)c21. The number of pyridine rings is 1. The van der Waals surface area contributed by atoms with Crippen molar-refractivity contribution in [3.63, 3.8) is 0 Å². The van der Waals surface area contributed by atoms with Crippen molar-refractivity contribution in [3.05, 3.63) is 36.2 Å². The van der Waals surface area contributed by atoms with Gasteiger partial charge in [-0.3, -0.25) is 14.5 Å². The summed E-state index contributed by atoms with van der Waals surface area (Å²) in [5, 5.41) is 3.70. The van der Waals surface area contributed by atoms with E-state index < -0.39 is 11.0 Å². The molecule has 5 fully saturated rings. The summed E-state index contributed by atoms with van der Waals surface area (Å²) in [7, 11) is 1.90. The van der Waals surface area contributed by atoms with Gasteiger partial charge in [0.25, 0.3) is 0 Å². The molecule has 6 heterocycles. The maximum absolute atomic E-state index is 15.1. The first-order valence-electron chi connectivity index (χ1n) is 22.6. The van der Waals surface area contributed by atoms with E-state index in [9.17, 15) is 9.59 Å². The van der Waals surface area contributed by atoms with Crippen molar-refractivity contribution in [2.24, 2.45) is 0 Å². The third kappa shape index (κ3) is 7.82. The van der Waals surface area contributed by atoms with Crippen LogP contribution in [0.4, 0.5) is 16.3 Å². The van der Waals surface area contributed by atoms with E-state index in [2.05, 4.69) is 62.7 Å². The number of carbonyl (C=O) groups excluding carboxylic acids is 3. The molecule has 2 aliphatic carbocycles. The maximum Gasteiger partial charge on any atom is 0.410 e. The molecule has 0 bridgehead atoms. The molecule has 13 heteroatoms. The molecule has 59 heavy (non-hydrogen) atoms. The zero-order chi connectivity index (χ0) is 41.2. The second-order valence-electron chi connectivity index (χ2n) is 19.7. The molecule has 4 aliphatic heterocycles. The average molecular weight is 808 g/mol. The third-order valence-electron chi connectivity index (χ3n) is 14.2. The molecule has 1 aromatic carbocycles. The highest BCUT2D eigenvalue weighted by atomic mass is 16.6. The minimum absolute atomic E-state index is 0.0845. The summed E-state index contributed by atoms with van der Waals surface area (Å²) < 4.78 is 7.78. The number of piperidine rings is 3. The van der Waals surface area contributed by atoms with Crippen LogP contribution in [-0.4, -0.2) is 135 Å². The van der Waals surface area contributed by atoms with E-state index in [-0.39, 0.29) is 36.0 Å². The Morgan fingerprint density at radius 1 is 0.949 bits per heavy atom. The first-order valence-corrected chi connectivity index (χ1v) is 22.6. The topological polar surface area (TPSA) is 119 Å². The average Bonchev–Trinajstić information content (AvgIpc) is 3.86. The van der Waals surface area contributed by atoms with Crippen LogP contribution in [0.5, 0.6) is 0 Å². The number of likely N-dealkylation sites (N-methyl/N-ethyl adjacent to an activating group) is 1. The smallest absolute Gasteiger partial charge is 0.410 e. The molecular formula is C46H65N9O4. The lowest BCUT2D eigenvalue weighted by Crippen LogP contribution is -2.58. The Kier molecular flexibility index (Phi) is 10.7. The standard InChI is InChI=1S/C46H65N9O4/c1-30(2)54-29-47-38-27-37(49-42(41(38)54)48-32-11-12-32)31-10-13-36-39(24-31)55(35-25-34(26-35)52-18-8-7-9-19-52)43(57)46(36)16-22-51(23-17-46)28-40(56)50(6)33-14-20-53(21-15-33)44(58)59-45(3,4)5/h10,13,24,27,29-30,32-35H,7-9,11-12,14-23,25-26,28H2,1-6H3,(H,48,49). The van der Waals surface area contributed by atoms with Crippen LogP contribution >= 0.6 is 0 Å². The lowest BCUT2D eigenvalue weighted by molar-refractivity contribution is -0.134. The molecule has 0 unspecified atom stereocenters. The fraction of sp³-hybridized carbons (Fsp3) is 0.674. The molecular weight excluding hydrogens is 743 g/mol. The van der Waals surface area contributed by atoms with Crippen LogP contribution in [0.3, 0.4) is 0 Å². The van der Waals surface area contributed by atoms with Gasteiger partial charge in [-0.25, -0.2) is 14.8 Å². The van der Waals surface area contributed by atoms with Crippen LogP contribution in [0.1, 0.15) is 117 Å². The molecule has 2 aromatic heterocycles. The Bertz CT molecular complexity index is 2060. The van der Waals surface area contributed by atoms with Gasteiger partial charge in [-0.05, 0) is 130 Å². The quantitative estimate of drug-likeness (QED) is 0.249. The summed E-state index contributed by atoms with van der Waals surface area (Å²) >= 11 is 0. The first kappa shape index (κ1) is 40.2. The Labute approximate surface area is 349 Å². The highest BCUT2D eigenvalue weighted by Crippen LogP contribution is 2.52. The number of hydrogen-bond donors (Lipinski definition) is 1. The number of nitrogens with one attached hydrogen (secondary N) is 1. The summed E-state index contributed by atoms with van der Waals surface area (Å²) in [4.78, 5) is 62.2. The van der Waals surface area contributed by atoms with Crippen molar-refractivity contribution < 1.29 is 19.1 Å². The summed E-state index contributed by atoms with van der Waals surface area (Å²) in [6.45, 7) is 15.2. The lowest BCUT2D eigenvalue weighted by atomic mass is 9.73. The van der Waals surface area contributed by atoms with Crippen molar-refractivity contribution in [1.82, 2.24) is 34.1 Å². The monoisotopic (exact) mass is 808 g/mol. The molecule has 13 nitrogen and oxygen atoms in total. The number of aromatic nitrogens is 3. The maximum atomic E-state index is 15.1. The van der Waals surface area contributed by atoms with Crippen LogP contribution in [-0.2, 0) is 19.7 Å². The van der Waals surface area contributed by atoms with Gasteiger partial charge in [-0.15, -0.1) is 0 Å². The fourth-order valence-electron chi connectivity index (χ4n) is 10.4. The Morgan fingerprint density at radius 2 is 1.66 bits per heavy atom. The predicted octanol–water partition coefficient (Wildman–Crippen LogP) is 6.81. The number of hydrogen-bond acceptors (Lipinski definition) is 9. The molecule has 1 N–H and O–H groups in total. The second-order valence-corrected chi connectivity index (χ2v) is 19.7. The van der Waals surface area contributed by atoms with Gasteiger partial charge < -0.3 is 34.2 Å². The number of amides is 3. The fourth-order valence-corrected chi connectivity index (χ4v) is 10.4. The number of nitrogens with zero attached hydrogens (tertiary/aromatic N) is 8. The van der Waals surface area contributed by atoms with Crippen LogP contribution in [0, 0.1) is 0 Å². The number of benzene rings is 1. The molecule has 6 aliphatic rings. The van der Waals surface area contributed by atoms with Gasteiger partial charge in [0.2, 0.25) is 11.8 Å². The van der Waals surface area contributed by atoms with Crippen molar-refractivity contribution in [3.8, 4) is 11.3 Å². The van der Waals surface area contributed by atoms with Crippen molar-refractivity contribution in [2.75, 3.05) is 63.1 Å². The van der Waals surface area contributed by atoms with E-state index in [1.165, 1.54) is 32.4 Å². The van der Waals surface area contributed by atoms with Crippen LogP contribution in [0.15, 0.2) is 30.6 Å². The van der Waals surface area contributed by atoms with E-state index in [1.807, 2.05) is 39.0 Å². The molecule has 0 atom stereocenters. The minimum atomic E-state index is -0.601. The molecule has 1 spiro atoms. The molecule has 9 rings (SSSR count). The molecule has 3 saturated heterocycles. The van der Waals surface area contributed by atoms with Gasteiger partial charge in [-0.1, -0.05) is 18.6 Å². The van der Waals surface area contributed by atoms with E-state index in [1.54, 1.807) is 4.90 Å². The van der Waals surface area contributed by atoms with Gasteiger partial charge in [0.1, 0.15) is 11.1 Å². The number of imidazole rings is 1. The molecule has 3 aromatic rings. The van der Waals surface area contributed by atoms with Crippen LogP contribution in [0.25, 0.3) is 22.3 Å². The largest absolute Gasteiger partial charge is 0.444 e. The van der Waals surface area contributed by atoms with Gasteiger partial charge in [0.05, 0.1) is 29.5 Å². The predicted molar refractivity (Wildman–Crippen MR) is 231 cm³/mol. The van der Waals surface area contributed by atoms with Crippen LogP contribution < -0.4 is 10.2 Å². The van der Waals surface area contributed by atoms with Gasteiger partial charge in [0, 0.05) is 74.7 Å². The number of anilines is 2. The summed E-state index contributed by atoms with van der Waals surface area (Å²) in [5.74, 6) is 1.22. The highest BCUT2D eigenvalue weighted by molar-refractivity contribution is 6.09. The Balaban J connectivity index is 0.929. The minimum Gasteiger partial charge on any atom is -0.444 e. The zero-order valence-electron chi connectivity index (χ0n) is 36.2. The van der Waals surface area contributed by atoms with Crippen LogP contribution in [0.2, 0.25) is 0 Å². The summed E-state index contributed by atoms with van der Waals surface area (Å²) in [6, 6.07) is 10.3. The Hall–Kier alpha value is -4.23. The van der Waals surface area contributed by atoms with Gasteiger partial charge >= 0.3 is 6.09 Å². The first-order chi connectivity index (χ1) is 28.3. The van der Waals surface area contributed by atoms with Crippen molar-refractivity contribution in [2.45, 2.75) is 146 Å². The van der Waals surface area contributed by atoms with Gasteiger partial charge in [-0.2, -0.15) is 0 Å². The number of fused-ring (bicyclic) bond motifs is 3. The van der Waals surface area contributed by atoms with E-state index in [0.717, 1.165) is 77.9 Å². The van der Waals surface area contributed by atoms with Gasteiger partial charge in [0.15, 0.2) is 5.82 Å². The number of likely N-dealkylation sites (tertiary alicyclic amines) is 3. The highest BCUT2D eigenvalue weighted by Gasteiger charge is 2.55. The number of ether oxygens (including phenoxy) is 1. The molecule has 3 amide bonds. The Morgan fingerprint density at radius 3 is 2.32 bits per heavy atom. The lowest BCUT2D eigenvalue weighted by Gasteiger charge is -2.48. The van der Waals surface area contributed by atoms with E-state index >= 15 is 4.79 Å². The number of rotatable bonds is 9. The third-order valence-corrected chi connectivity index (χ3v) is 14.2. The van der Waals surface area contributed by atoms with Crippen molar-refractivity contribution >= 4 is 40.4 Å². The molecule has 0 radical (unpaired) electrons.